The van der Waals surface area contributed by atoms with Crippen LogP contribution in [0.25, 0.3) is 0 Å². The zero-order valence-corrected chi connectivity index (χ0v) is 14.2. The van der Waals surface area contributed by atoms with Gasteiger partial charge in [0.1, 0.15) is 5.82 Å². The molecule has 2 aromatic rings. The Morgan fingerprint density at radius 2 is 1.64 bits per heavy atom. The van der Waals surface area contributed by atoms with Crippen molar-refractivity contribution in [2.24, 2.45) is 0 Å². The lowest BCUT2D eigenvalue weighted by Gasteiger charge is -2.35. The molecule has 1 fully saturated rings. The van der Waals surface area contributed by atoms with Gasteiger partial charge in [0.15, 0.2) is 5.78 Å². The Morgan fingerprint density at radius 3 is 2.28 bits per heavy atom. The number of carbonyl (C=O) groups excluding carboxylic acids is 2. The minimum atomic E-state index is -0.229. The van der Waals surface area contributed by atoms with Crippen molar-refractivity contribution in [3.8, 4) is 0 Å². The van der Waals surface area contributed by atoms with E-state index in [0.717, 1.165) is 18.7 Å². The molecule has 4 nitrogen and oxygen atoms in total. The molecule has 1 amide bonds. The van der Waals surface area contributed by atoms with E-state index in [0.29, 0.717) is 30.8 Å². The monoisotopic (exact) mass is 340 g/mol. The molecule has 0 saturated carbocycles. The molecule has 3 rings (SSSR count). The fraction of sp³-hybridized carbons (Fsp3) is 0.300. The van der Waals surface area contributed by atoms with Gasteiger partial charge in [-0.05, 0) is 30.7 Å². The van der Waals surface area contributed by atoms with Crippen LogP contribution in [-0.2, 0) is 6.54 Å². The summed E-state index contributed by atoms with van der Waals surface area (Å²) in [5.74, 6) is -0.433. The second-order valence-electron chi connectivity index (χ2n) is 6.30. The van der Waals surface area contributed by atoms with Crippen molar-refractivity contribution in [2.75, 3.05) is 26.2 Å². The molecule has 1 saturated heterocycles. The molecule has 5 heteroatoms. The maximum Gasteiger partial charge on any atom is 0.254 e. The summed E-state index contributed by atoms with van der Waals surface area (Å²) in [6, 6.07) is 13.5. The smallest absolute Gasteiger partial charge is 0.254 e. The lowest BCUT2D eigenvalue weighted by Crippen LogP contribution is -2.48. The molecule has 2 aromatic carbocycles. The summed E-state index contributed by atoms with van der Waals surface area (Å²) in [5, 5.41) is 0. The number of rotatable bonds is 4. The summed E-state index contributed by atoms with van der Waals surface area (Å²) < 4.78 is 13.3. The van der Waals surface area contributed by atoms with Crippen molar-refractivity contribution in [2.45, 2.75) is 13.5 Å². The maximum absolute atomic E-state index is 13.3. The molecule has 1 aliphatic rings. The SMILES string of the molecule is CC(=O)c1ccccc1C(=O)N1CCN(Cc2cccc(F)c2)CC1. The van der Waals surface area contributed by atoms with Crippen LogP contribution in [0.5, 0.6) is 0 Å². The largest absolute Gasteiger partial charge is 0.336 e. The van der Waals surface area contributed by atoms with Crippen LogP contribution in [0.15, 0.2) is 48.5 Å². The Kier molecular flexibility index (Phi) is 5.24. The highest BCUT2D eigenvalue weighted by atomic mass is 19.1. The van der Waals surface area contributed by atoms with Crippen LogP contribution in [0, 0.1) is 5.82 Å². The first-order chi connectivity index (χ1) is 12.0. The van der Waals surface area contributed by atoms with E-state index < -0.39 is 0 Å². The first kappa shape index (κ1) is 17.3. The van der Waals surface area contributed by atoms with E-state index in [1.54, 1.807) is 41.3 Å². The Labute approximate surface area is 146 Å². The third kappa shape index (κ3) is 4.12. The number of Topliss-reactive ketones (excluding diaryl/α,β-unsaturated/α-hetero) is 1. The number of benzene rings is 2. The van der Waals surface area contributed by atoms with E-state index in [2.05, 4.69) is 4.90 Å². The number of piperazine rings is 1. The summed E-state index contributed by atoms with van der Waals surface area (Å²) in [7, 11) is 0. The fourth-order valence-corrected chi connectivity index (χ4v) is 3.15. The van der Waals surface area contributed by atoms with Gasteiger partial charge in [0, 0.05) is 38.3 Å². The number of amides is 1. The predicted molar refractivity (Wildman–Crippen MR) is 94.0 cm³/mol. The predicted octanol–water partition coefficient (Wildman–Crippen LogP) is 2.99. The molecular formula is C20H21FN2O2. The Morgan fingerprint density at radius 1 is 0.960 bits per heavy atom. The molecule has 25 heavy (non-hydrogen) atoms. The van der Waals surface area contributed by atoms with Gasteiger partial charge in [0.2, 0.25) is 0 Å². The van der Waals surface area contributed by atoms with Gasteiger partial charge < -0.3 is 4.90 Å². The number of hydrogen-bond donors (Lipinski definition) is 0. The number of halogens is 1. The molecule has 0 aromatic heterocycles. The normalized spacial score (nSPS) is 15.2. The first-order valence-corrected chi connectivity index (χ1v) is 8.40. The number of ketones is 1. The lowest BCUT2D eigenvalue weighted by molar-refractivity contribution is 0.0625. The van der Waals surface area contributed by atoms with E-state index in [1.165, 1.54) is 13.0 Å². The van der Waals surface area contributed by atoms with Crippen LogP contribution < -0.4 is 0 Å². The molecule has 0 atom stereocenters. The molecule has 1 heterocycles. The second-order valence-corrected chi connectivity index (χ2v) is 6.30. The topological polar surface area (TPSA) is 40.6 Å². The zero-order valence-electron chi connectivity index (χ0n) is 14.2. The first-order valence-electron chi connectivity index (χ1n) is 8.40. The van der Waals surface area contributed by atoms with Crippen LogP contribution in [0.1, 0.15) is 33.2 Å². The highest BCUT2D eigenvalue weighted by molar-refractivity contribution is 6.07. The van der Waals surface area contributed by atoms with Crippen molar-refractivity contribution in [3.63, 3.8) is 0 Å². The van der Waals surface area contributed by atoms with Gasteiger partial charge in [-0.2, -0.15) is 0 Å². The van der Waals surface area contributed by atoms with Crippen LogP contribution in [0.2, 0.25) is 0 Å². The van der Waals surface area contributed by atoms with E-state index in [4.69, 9.17) is 0 Å². The van der Waals surface area contributed by atoms with Gasteiger partial charge >= 0.3 is 0 Å². The minimum Gasteiger partial charge on any atom is -0.336 e. The maximum atomic E-state index is 13.3. The van der Waals surface area contributed by atoms with Gasteiger partial charge in [-0.15, -0.1) is 0 Å². The average Bonchev–Trinajstić information content (AvgIpc) is 2.62. The minimum absolute atomic E-state index is 0.101. The van der Waals surface area contributed by atoms with Crippen molar-refractivity contribution in [3.05, 3.63) is 71.0 Å². The van der Waals surface area contributed by atoms with E-state index >= 15 is 0 Å². The highest BCUT2D eigenvalue weighted by Gasteiger charge is 2.24. The van der Waals surface area contributed by atoms with Gasteiger partial charge in [0.25, 0.3) is 5.91 Å². The van der Waals surface area contributed by atoms with Gasteiger partial charge in [-0.25, -0.2) is 4.39 Å². The summed E-state index contributed by atoms with van der Waals surface area (Å²) >= 11 is 0. The standard InChI is InChI=1S/C20H21FN2O2/c1-15(24)18-7-2-3-8-19(18)20(25)23-11-9-22(10-12-23)14-16-5-4-6-17(21)13-16/h2-8,13H,9-12,14H2,1H3. The van der Waals surface area contributed by atoms with Gasteiger partial charge in [-0.3, -0.25) is 14.5 Å². The summed E-state index contributed by atoms with van der Waals surface area (Å²) in [4.78, 5) is 28.5. The number of hydrogen-bond acceptors (Lipinski definition) is 3. The Hall–Kier alpha value is -2.53. The molecule has 0 radical (unpaired) electrons. The highest BCUT2D eigenvalue weighted by Crippen LogP contribution is 2.16. The van der Waals surface area contributed by atoms with Crippen LogP contribution in [-0.4, -0.2) is 47.7 Å². The molecular weight excluding hydrogens is 319 g/mol. The zero-order chi connectivity index (χ0) is 17.8. The van der Waals surface area contributed by atoms with Crippen molar-refractivity contribution in [1.29, 1.82) is 0 Å². The Balaban J connectivity index is 1.62. The van der Waals surface area contributed by atoms with E-state index in [9.17, 15) is 14.0 Å². The molecule has 0 unspecified atom stereocenters. The third-order valence-corrected chi connectivity index (χ3v) is 4.49. The van der Waals surface area contributed by atoms with Crippen LogP contribution in [0.4, 0.5) is 4.39 Å². The number of carbonyl (C=O) groups is 2. The number of nitrogens with zero attached hydrogens (tertiary/aromatic N) is 2. The lowest BCUT2D eigenvalue weighted by atomic mass is 10.0. The molecule has 0 aliphatic carbocycles. The van der Waals surface area contributed by atoms with Crippen LogP contribution >= 0.6 is 0 Å². The summed E-state index contributed by atoms with van der Waals surface area (Å²) in [6.45, 7) is 4.79. The van der Waals surface area contributed by atoms with Crippen LogP contribution in [0.3, 0.4) is 0 Å². The van der Waals surface area contributed by atoms with Crippen molar-refractivity contribution in [1.82, 2.24) is 9.80 Å². The summed E-state index contributed by atoms with van der Waals surface area (Å²) in [6.07, 6.45) is 0. The molecule has 0 spiro atoms. The van der Waals surface area contributed by atoms with Gasteiger partial charge in [0.05, 0.1) is 5.56 Å². The van der Waals surface area contributed by atoms with Gasteiger partial charge in [-0.1, -0.05) is 30.3 Å². The quantitative estimate of drug-likeness (QED) is 0.804. The Bertz CT molecular complexity index is 783. The third-order valence-electron chi connectivity index (χ3n) is 4.49. The van der Waals surface area contributed by atoms with E-state index in [-0.39, 0.29) is 17.5 Å². The summed E-state index contributed by atoms with van der Waals surface area (Å²) in [5.41, 5.74) is 1.87. The average molecular weight is 340 g/mol. The van der Waals surface area contributed by atoms with E-state index in [1.807, 2.05) is 6.07 Å². The second kappa shape index (κ2) is 7.57. The fourth-order valence-electron chi connectivity index (χ4n) is 3.15. The molecule has 0 N–H and O–H groups in total. The molecule has 0 bridgehead atoms. The van der Waals surface area contributed by atoms with Crippen molar-refractivity contribution < 1.29 is 14.0 Å². The molecule has 1 aliphatic heterocycles. The molecule has 130 valence electrons. The van der Waals surface area contributed by atoms with Crippen molar-refractivity contribution >= 4 is 11.7 Å².